The molecule has 2 aromatic rings. The Morgan fingerprint density at radius 1 is 1.23 bits per heavy atom. The number of nitrogens with zero attached hydrogens (tertiary/aromatic N) is 1. The number of aryl methyl sites for hydroxylation is 3. The molecule has 35 heavy (non-hydrogen) atoms. The standard InChI is InChI=1S/C29H40FNO4/c1-5-27(31-14-6-7-24(31)16-22-10-9-20(3)26(30)17-22)28(32)18-35-21(4)25-15-19(2)8-11-23(25)12-13-29(33)34/h8-11,15,17,21,24,27-28,32H,5-7,12-14,16,18H2,1-4H3,(H,33,34)/t21-,24+,27?,28+/m1/s1. The van der Waals surface area contributed by atoms with E-state index in [1.165, 1.54) is 0 Å². The van der Waals surface area contributed by atoms with E-state index < -0.39 is 12.1 Å². The normalized spacial score (nSPS) is 19.0. The van der Waals surface area contributed by atoms with E-state index in [1.807, 2.05) is 44.2 Å². The third-order valence-corrected chi connectivity index (χ3v) is 7.28. The van der Waals surface area contributed by atoms with Crippen molar-refractivity contribution in [2.24, 2.45) is 0 Å². The summed E-state index contributed by atoms with van der Waals surface area (Å²) in [6.07, 6.45) is 3.29. The maximum atomic E-state index is 14.1. The van der Waals surface area contributed by atoms with Crippen LogP contribution >= 0.6 is 0 Å². The first-order valence-electron chi connectivity index (χ1n) is 12.8. The Kier molecular flexibility index (Phi) is 9.84. The molecule has 0 aromatic heterocycles. The van der Waals surface area contributed by atoms with Gasteiger partial charge in [0, 0.05) is 18.5 Å². The average Bonchev–Trinajstić information content (AvgIpc) is 3.27. The minimum Gasteiger partial charge on any atom is -0.481 e. The molecule has 1 saturated heterocycles. The third-order valence-electron chi connectivity index (χ3n) is 7.28. The monoisotopic (exact) mass is 485 g/mol. The summed E-state index contributed by atoms with van der Waals surface area (Å²) in [6, 6.07) is 11.7. The van der Waals surface area contributed by atoms with E-state index in [0.717, 1.165) is 54.5 Å². The average molecular weight is 486 g/mol. The quantitative estimate of drug-likeness (QED) is 0.422. The zero-order valence-electron chi connectivity index (χ0n) is 21.5. The van der Waals surface area contributed by atoms with E-state index in [2.05, 4.69) is 11.8 Å². The maximum absolute atomic E-state index is 14.1. The summed E-state index contributed by atoms with van der Waals surface area (Å²) in [4.78, 5) is 13.4. The van der Waals surface area contributed by atoms with Gasteiger partial charge in [0.05, 0.1) is 18.8 Å². The summed E-state index contributed by atoms with van der Waals surface area (Å²) in [5, 5.41) is 20.2. The van der Waals surface area contributed by atoms with Crippen LogP contribution in [0.5, 0.6) is 0 Å². The zero-order valence-corrected chi connectivity index (χ0v) is 21.5. The number of rotatable bonds is 12. The van der Waals surface area contributed by atoms with Crippen LogP contribution in [-0.2, 0) is 22.4 Å². The van der Waals surface area contributed by atoms with Crippen molar-refractivity contribution < 1.29 is 24.1 Å². The lowest BCUT2D eigenvalue weighted by molar-refractivity contribution is -0.136. The molecule has 0 radical (unpaired) electrons. The van der Waals surface area contributed by atoms with Crippen LogP contribution in [0.4, 0.5) is 4.39 Å². The van der Waals surface area contributed by atoms with E-state index in [1.54, 1.807) is 13.0 Å². The van der Waals surface area contributed by atoms with Crippen LogP contribution in [0.3, 0.4) is 0 Å². The lowest BCUT2D eigenvalue weighted by Crippen LogP contribution is -2.48. The largest absolute Gasteiger partial charge is 0.481 e. The van der Waals surface area contributed by atoms with Gasteiger partial charge in [-0.2, -0.15) is 0 Å². The molecule has 1 heterocycles. The molecule has 0 spiro atoms. The van der Waals surface area contributed by atoms with E-state index in [4.69, 9.17) is 9.84 Å². The van der Waals surface area contributed by atoms with E-state index in [-0.39, 0.29) is 37.0 Å². The highest BCUT2D eigenvalue weighted by Crippen LogP contribution is 2.28. The van der Waals surface area contributed by atoms with Gasteiger partial charge in [0.2, 0.25) is 0 Å². The maximum Gasteiger partial charge on any atom is 0.303 e. The second-order valence-electron chi connectivity index (χ2n) is 9.94. The number of carboxylic acids is 1. The molecular formula is C29H40FNO4. The fourth-order valence-corrected chi connectivity index (χ4v) is 5.28. The third kappa shape index (κ3) is 7.35. The minimum atomic E-state index is -0.820. The summed E-state index contributed by atoms with van der Waals surface area (Å²) in [5.41, 5.74) is 4.69. The highest BCUT2D eigenvalue weighted by atomic mass is 19.1. The first-order chi connectivity index (χ1) is 16.7. The van der Waals surface area contributed by atoms with Gasteiger partial charge in [0.15, 0.2) is 0 Å². The van der Waals surface area contributed by atoms with Crippen molar-refractivity contribution in [2.75, 3.05) is 13.2 Å². The van der Waals surface area contributed by atoms with Crippen molar-refractivity contribution in [3.05, 3.63) is 70.0 Å². The van der Waals surface area contributed by atoms with Gasteiger partial charge in [0.25, 0.3) is 0 Å². The van der Waals surface area contributed by atoms with Gasteiger partial charge in [-0.05, 0) is 87.7 Å². The lowest BCUT2D eigenvalue weighted by Gasteiger charge is -2.36. The van der Waals surface area contributed by atoms with Gasteiger partial charge in [-0.3, -0.25) is 9.69 Å². The van der Waals surface area contributed by atoms with E-state index in [9.17, 15) is 14.3 Å². The van der Waals surface area contributed by atoms with Crippen LogP contribution in [0.15, 0.2) is 36.4 Å². The number of aliphatic carboxylic acids is 1. The summed E-state index contributed by atoms with van der Waals surface area (Å²) < 4.78 is 20.2. The van der Waals surface area contributed by atoms with Crippen LogP contribution in [-0.4, -0.2) is 52.4 Å². The number of hydrogen-bond acceptors (Lipinski definition) is 4. The molecule has 1 fully saturated rings. The fraction of sp³-hybridized carbons (Fsp3) is 0.552. The van der Waals surface area contributed by atoms with Gasteiger partial charge in [-0.25, -0.2) is 4.39 Å². The fourth-order valence-electron chi connectivity index (χ4n) is 5.28. The first-order valence-corrected chi connectivity index (χ1v) is 12.8. The number of carbonyl (C=O) groups is 1. The first kappa shape index (κ1) is 27.3. The van der Waals surface area contributed by atoms with Crippen LogP contribution in [0.25, 0.3) is 0 Å². The molecule has 0 aliphatic carbocycles. The number of ether oxygens (including phenoxy) is 1. The Labute approximate surface area is 208 Å². The van der Waals surface area contributed by atoms with Crippen molar-refractivity contribution in [3.8, 4) is 0 Å². The van der Waals surface area contributed by atoms with Gasteiger partial charge in [0.1, 0.15) is 5.82 Å². The number of carboxylic acid groups (broad SMARTS) is 1. The summed E-state index contributed by atoms with van der Waals surface area (Å²) >= 11 is 0. The SMILES string of the molecule is CCC([C@@H](O)CO[C@H](C)c1cc(C)ccc1CCC(=O)O)N1CCC[C@H]1Cc1ccc(C)c(F)c1. The summed E-state index contributed by atoms with van der Waals surface area (Å²) in [7, 11) is 0. The Morgan fingerprint density at radius 2 is 2.00 bits per heavy atom. The molecule has 0 bridgehead atoms. The van der Waals surface area contributed by atoms with Gasteiger partial charge < -0.3 is 14.9 Å². The van der Waals surface area contributed by atoms with Crippen molar-refractivity contribution in [1.29, 1.82) is 0 Å². The number of halogens is 1. The van der Waals surface area contributed by atoms with Crippen molar-refractivity contribution in [2.45, 2.75) is 90.5 Å². The van der Waals surface area contributed by atoms with E-state index >= 15 is 0 Å². The molecule has 3 rings (SSSR count). The predicted octanol–water partition coefficient (Wildman–Crippen LogP) is 5.38. The predicted molar refractivity (Wildman–Crippen MR) is 136 cm³/mol. The van der Waals surface area contributed by atoms with Crippen LogP contribution in [0.2, 0.25) is 0 Å². The molecule has 2 N–H and O–H groups in total. The van der Waals surface area contributed by atoms with Gasteiger partial charge in [-0.1, -0.05) is 42.8 Å². The highest BCUT2D eigenvalue weighted by Gasteiger charge is 2.34. The lowest BCUT2D eigenvalue weighted by atomic mass is 9.97. The molecule has 192 valence electrons. The van der Waals surface area contributed by atoms with Gasteiger partial charge in [-0.15, -0.1) is 0 Å². The summed E-state index contributed by atoms with van der Waals surface area (Å²) in [5.74, 6) is -0.986. The zero-order chi connectivity index (χ0) is 25.5. The van der Waals surface area contributed by atoms with Crippen LogP contribution in [0.1, 0.15) is 73.5 Å². The molecule has 4 atom stereocenters. The Hall–Kier alpha value is -2.28. The van der Waals surface area contributed by atoms with Crippen molar-refractivity contribution in [1.82, 2.24) is 4.90 Å². The molecule has 1 aliphatic rings. The Morgan fingerprint density at radius 3 is 2.69 bits per heavy atom. The number of hydrogen-bond donors (Lipinski definition) is 2. The Balaban J connectivity index is 1.63. The van der Waals surface area contributed by atoms with Crippen LogP contribution < -0.4 is 0 Å². The summed E-state index contributed by atoms with van der Waals surface area (Å²) in [6.45, 7) is 8.94. The molecule has 1 unspecified atom stereocenters. The van der Waals surface area contributed by atoms with Crippen LogP contribution in [0, 0.1) is 19.7 Å². The van der Waals surface area contributed by atoms with Crippen molar-refractivity contribution >= 4 is 5.97 Å². The molecule has 0 saturated carbocycles. The topological polar surface area (TPSA) is 70.0 Å². The minimum absolute atomic E-state index is 0.0333. The number of likely N-dealkylation sites (tertiary alicyclic amines) is 1. The highest BCUT2D eigenvalue weighted by molar-refractivity contribution is 5.67. The van der Waals surface area contributed by atoms with Crippen molar-refractivity contribution in [3.63, 3.8) is 0 Å². The van der Waals surface area contributed by atoms with E-state index in [0.29, 0.717) is 12.0 Å². The Bertz CT molecular complexity index is 995. The number of aliphatic hydroxyl groups excluding tert-OH is 1. The van der Waals surface area contributed by atoms with Gasteiger partial charge >= 0.3 is 5.97 Å². The molecular weight excluding hydrogens is 445 g/mol. The number of benzene rings is 2. The molecule has 2 aromatic carbocycles. The second kappa shape index (κ2) is 12.6. The second-order valence-corrected chi connectivity index (χ2v) is 9.94. The molecule has 0 amide bonds. The molecule has 5 nitrogen and oxygen atoms in total. The smallest absolute Gasteiger partial charge is 0.303 e. The molecule has 6 heteroatoms. The number of aliphatic hydroxyl groups is 1. The molecule has 1 aliphatic heterocycles.